The van der Waals surface area contributed by atoms with E-state index in [0.29, 0.717) is 12.8 Å². The van der Waals surface area contributed by atoms with Gasteiger partial charge >= 0.3 is 5.97 Å². The van der Waals surface area contributed by atoms with E-state index in [1.54, 1.807) is 4.90 Å². The van der Waals surface area contributed by atoms with E-state index in [-0.39, 0.29) is 11.9 Å². The number of fused-ring (bicyclic) bond motifs is 1. The average Bonchev–Trinajstić information content (AvgIpc) is 2.81. The number of hydrogen-bond donors (Lipinski definition) is 0. The monoisotopic (exact) mass is 295 g/mol. The van der Waals surface area contributed by atoms with Crippen molar-refractivity contribution in [1.82, 2.24) is 0 Å². The zero-order valence-electron chi connectivity index (χ0n) is 12.4. The summed E-state index contributed by atoms with van der Waals surface area (Å²) in [4.78, 5) is 26.2. The Morgan fingerprint density at radius 2 is 1.77 bits per heavy atom. The van der Waals surface area contributed by atoms with Gasteiger partial charge in [0.15, 0.2) is 0 Å². The molecular formula is C18H17NO3. The molecule has 0 aromatic heterocycles. The van der Waals surface area contributed by atoms with Crippen LogP contribution in [-0.2, 0) is 14.3 Å². The lowest BCUT2D eigenvalue weighted by molar-refractivity contribution is -0.154. The van der Waals surface area contributed by atoms with Crippen molar-refractivity contribution in [2.45, 2.75) is 25.9 Å². The number of amides is 1. The maximum absolute atomic E-state index is 12.8. The van der Waals surface area contributed by atoms with Gasteiger partial charge < -0.3 is 4.74 Å². The van der Waals surface area contributed by atoms with Crippen LogP contribution >= 0.6 is 0 Å². The van der Waals surface area contributed by atoms with Crippen molar-refractivity contribution in [2.24, 2.45) is 0 Å². The van der Waals surface area contributed by atoms with Gasteiger partial charge in [-0.1, -0.05) is 43.3 Å². The van der Waals surface area contributed by atoms with Gasteiger partial charge in [0.2, 0.25) is 6.10 Å². The van der Waals surface area contributed by atoms with Crippen LogP contribution in [0, 0.1) is 0 Å². The molecule has 0 spiro atoms. The van der Waals surface area contributed by atoms with Crippen LogP contribution in [0.5, 0.6) is 0 Å². The molecule has 22 heavy (non-hydrogen) atoms. The first-order valence-corrected chi connectivity index (χ1v) is 7.39. The van der Waals surface area contributed by atoms with Crippen LogP contribution in [-0.4, -0.2) is 11.9 Å². The Bertz CT molecular complexity index is 696. The van der Waals surface area contributed by atoms with Crippen LogP contribution in [0.25, 0.3) is 0 Å². The minimum atomic E-state index is -0.851. The third-order valence-electron chi connectivity index (χ3n) is 3.62. The maximum Gasteiger partial charge on any atom is 0.306 e. The van der Waals surface area contributed by atoms with Crippen molar-refractivity contribution in [3.05, 3.63) is 60.2 Å². The molecule has 0 fully saturated rings. The van der Waals surface area contributed by atoms with Crippen molar-refractivity contribution in [1.29, 1.82) is 0 Å². The average molecular weight is 295 g/mol. The highest BCUT2D eigenvalue weighted by Crippen LogP contribution is 2.42. The summed E-state index contributed by atoms with van der Waals surface area (Å²) in [5.41, 5.74) is 2.28. The lowest BCUT2D eigenvalue weighted by atomic mass is 10.1. The second kappa shape index (κ2) is 6.02. The Morgan fingerprint density at radius 1 is 1.09 bits per heavy atom. The SMILES string of the molecule is CCCC(=O)OC1C(=O)N(c2ccccc2)c2ccccc21. The second-order valence-corrected chi connectivity index (χ2v) is 5.19. The summed E-state index contributed by atoms with van der Waals surface area (Å²) in [7, 11) is 0. The van der Waals surface area contributed by atoms with Gasteiger partial charge in [-0.05, 0) is 24.6 Å². The number of carbonyl (C=O) groups excluding carboxylic acids is 2. The topological polar surface area (TPSA) is 46.6 Å². The van der Waals surface area contributed by atoms with Gasteiger partial charge in [0, 0.05) is 17.7 Å². The molecule has 0 N–H and O–H groups in total. The smallest absolute Gasteiger partial charge is 0.306 e. The lowest BCUT2D eigenvalue weighted by Gasteiger charge is -2.17. The molecule has 1 aliphatic rings. The quantitative estimate of drug-likeness (QED) is 0.807. The van der Waals surface area contributed by atoms with Crippen LogP contribution in [0.1, 0.15) is 31.4 Å². The molecule has 0 radical (unpaired) electrons. The van der Waals surface area contributed by atoms with E-state index < -0.39 is 6.10 Å². The van der Waals surface area contributed by atoms with Crippen molar-refractivity contribution in [2.75, 3.05) is 4.90 Å². The number of para-hydroxylation sites is 2. The third-order valence-corrected chi connectivity index (χ3v) is 3.62. The molecule has 1 atom stereocenters. The molecule has 4 heteroatoms. The minimum Gasteiger partial charge on any atom is -0.447 e. The number of benzene rings is 2. The first-order chi connectivity index (χ1) is 10.7. The fourth-order valence-electron chi connectivity index (χ4n) is 2.63. The van der Waals surface area contributed by atoms with Gasteiger partial charge in [0.05, 0.1) is 5.69 Å². The number of carbonyl (C=O) groups is 2. The Balaban J connectivity index is 1.98. The Hall–Kier alpha value is -2.62. The number of esters is 1. The molecule has 2 aromatic rings. The van der Waals surface area contributed by atoms with Gasteiger partial charge in [0.1, 0.15) is 0 Å². The standard InChI is InChI=1S/C18H17NO3/c1-2-8-16(20)22-17-14-11-6-7-12-15(14)19(18(17)21)13-9-4-3-5-10-13/h3-7,9-12,17H,2,8H2,1H3. The molecule has 0 saturated carbocycles. The van der Waals surface area contributed by atoms with E-state index in [1.807, 2.05) is 61.5 Å². The summed E-state index contributed by atoms with van der Waals surface area (Å²) in [5, 5.41) is 0. The van der Waals surface area contributed by atoms with Gasteiger partial charge in [-0.25, -0.2) is 0 Å². The molecule has 0 aliphatic carbocycles. The van der Waals surface area contributed by atoms with Crippen LogP contribution < -0.4 is 4.90 Å². The summed E-state index contributed by atoms with van der Waals surface area (Å²) in [6.45, 7) is 1.90. The predicted molar refractivity (Wildman–Crippen MR) is 83.8 cm³/mol. The van der Waals surface area contributed by atoms with Crippen LogP contribution in [0.2, 0.25) is 0 Å². The fourth-order valence-corrected chi connectivity index (χ4v) is 2.63. The second-order valence-electron chi connectivity index (χ2n) is 5.19. The molecule has 0 bridgehead atoms. The van der Waals surface area contributed by atoms with Crippen molar-refractivity contribution in [3.63, 3.8) is 0 Å². The van der Waals surface area contributed by atoms with E-state index >= 15 is 0 Å². The lowest BCUT2D eigenvalue weighted by Crippen LogP contribution is -2.26. The summed E-state index contributed by atoms with van der Waals surface area (Å²) in [6.07, 6.45) is 0.164. The summed E-state index contributed by atoms with van der Waals surface area (Å²) < 4.78 is 5.41. The molecule has 1 aliphatic heterocycles. The van der Waals surface area contributed by atoms with Gasteiger partial charge in [-0.2, -0.15) is 0 Å². The highest BCUT2D eigenvalue weighted by Gasteiger charge is 2.40. The van der Waals surface area contributed by atoms with E-state index in [2.05, 4.69) is 0 Å². The van der Waals surface area contributed by atoms with Crippen molar-refractivity contribution >= 4 is 23.3 Å². The summed E-state index contributed by atoms with van der Waals surface area (Å²) >= 11 is 0. The van der Waals surface area contributed by atoms with Crippen LogP contribution in [0.3, 0.4) is 0 Å². The van der Waals surface area contributed by atoms with E-state index in [9.17, 15) is 9.59 Å². The van der Waals surface area contributed by atoms with Gasteiger partial charge in [-0.15, -0.1) is 0 Å². The number of nitrogens with zero attached hydrogens (tertiary/aromatic N) is 1. The van der Waals surface area contributed by atoms with Gasteiger partial charge in [-0.3, -0.25) is 14.5 Å². The molecule has 1 heterocycles. The minimum absolute atomic E-state index is 0.225. The van der Waals surface area contributed by atoms with E-state index in [0.717, 1.165) is 16.9 Å². The Kier molecular flexibility index (Phi) is 3.92. The molecule has 2 aromatic carbocycles. The summed E-state index contributed by atoms with van der Waals surface area (Å²) in [6, 6.07) is 16.8. The Morgan fingerprint density at radius 3 is 2.50 bits per heavy atom. The normalized spacial score (nSPS) is 16.5. The number of anilines is 2. The molecule has 0 saturated heterocycles. The Labute approximate surface area is 129 Å². The molecule has 3 rings (SSSR count). The number of rotatable bonds is 4. The summed E-state index contributed by atoms with van der Waals surface area (Å²) in [5.74, 6) is -0.567. The zero-order valence-corrected chi connectivity index (χ0v) is 12.4. The first-order valence-electron chi connectivity index (χ1n) is 7.39. The van der Waals surface area contributed by atoms with E-state index in [4.69, 9.17) is 4.74 Å². The maximum atomic E-state index is 12.8. The highest BCUT2D eigenvalue weighted by atomic mass is 16.5. The number of ether oxygens (including phenoxy) is 1. The molecular weight excluding hydrogens is 278 g/mol. The van der Waals surface area contributed by atoms with Crippen LogP contribution in [0.15, 0.2) is 54.6 Å². The van der Waals surface area contributed by atoms with E-state index in [1.165, 1.54) is 0 Å². The predicted octanol–water partition coefficient (Wildman–Crippen LogP) is 3.75. The largest absolute Gasteiger partial charge is 0.447 e. The molecule has 4 nitrogen and oxygen atoms in total. The van der Waals surface area contributed by atoms with Crippen molar-refractivity contribution < 1.29 is 14.3 Å². The third kappa shape index (κ3) is 2.48. The fraction of sp³-hybridized carbons (Fsp3) is 0.222. The molecule has 1 unspecified atom stereocenters. The highest BCUT2D eigenvalue weighted by molar-refractivity contribution is 6.10. The number of hydrogen-bond acceptors (Lipinski definition) is 3. The zero-order chi connectivity index (χ0) is 15.5. The molecule has 112 valence electrons. The van der Waals surface area contributed by atoms with Gasteiger partial charge in [0.25, 0.3) is 5.91 Å². The first kappa shape index (κ1) is 14.3. The van der Waals surface area contributed by atoms with Crippen molar-refractivity contribution in [3.8, 4) is 0 Å². The molecule has 1 amide bonds. The van der Waals surface area contributed by atoms with Crippen LogP contribution in [0.4, 0.5) is 11.4 Å².